The van der Waals surface area contributed by atoms with Crippen molar-refractivity contribution in [2.75, 3.05) is 6.61 Å². The summed E-state index contributed by atoms with van der Waals surface area (Å²) in [5.41, 5.74) is 1.14. The molecule has 0 spiro atoms. The highest BCUT2D eigenvalue weighted by molar-refractivity contribution is 5.99. The number of Topliss-reactive ketones (excluding diaryl/α,β-unsaturated/α-hetero) is 1. The Morgan fingerprint density at radius 1 is 1.15 bits per heavy atom. The van der Waals surface area contributed by atoms with Gasteiger partial charge in [-0.1, -0.05) is 44.2 Å². The van der Waals surface area contributed by atoms with Crippen LogP contribution in [0.2, 0.25) is 0 Å². The van der Waals surface area contributed by atoms with Gasteiger partial charge in [-0.15, -0.1) is 0 Å². The van der Waals surface area contributed by atoms with Crippen molar-refractivity contribution >= 4 is 11.8 Å². The van der Waals surface area contributed by atoms with Gasteiger partial charge in [-0.2, -0.15) is 0 Å². The fourth-order valence-corrected chi connectivity index (χ4v) is 2.15. The van der Waals surface area contributed by atoms with E-state index in [2.05, 4.69) is 0 Å². The number of benzene rings is 1. The van der Waals surface area contributed by atoms with E-state index in [0.717, 1.165) is 5.56 Å². The van der Waals surface area contributed by atoms with Gasteiger partial charge in [0.05, 0.1) is 6.61 Å². The van der Waals surface area contributed by atoms with Gasteiger partial charge >= 0.3 is 5.97 Å². The zero-order valence-corrected chi connectivity index (χ0v) is 12.6. The van der Waals surface area contributed by atoms with Crippen molar-refractivity contribution in [3.63, 3.8) is 0 Å². The number of carbonyl (C=O) groups is 2. The van der Waals surface area contributed by atoms with Crippen molar-refractivity contribution in [1.29, 1.82) is 0 Å². The lowest BCUT2D eigenvalue weighted by Crippen LogP contribution is -2.27. The first-order valence-electron chi connectivity index (χ1n) is 7.27. The van der Waals surface area contributed by atoms with Gasteiger partial charge in [0.15, 0.2) is 0 Å². The average molecular weight is 276 g/mol. The largest absolute Gasteiger partial charge is 0.465 e. The van der Waals surface area contributed by atoms with Crippen molar-refractivity contribution in [2.45, 2.75) is 40.0 Å². The minimum atomic E-state index is -0.627. The van der Waals surface area contributed by atoms with Gasteiger partial charge in [0, 0.05) is 6.42 Å². The summed E-state index contributed by atoms with van der Waals surface area (Å²) in [7, 11) is 0. The second kappa shape index (κ2) is 8.51. The Balaban J connectivity index is 2.67. The lowest BCUT2D eigenvalue weighted by atomic mass is 9.91. The van der Waals surface area contributed by atoms with Crippen LogP contribution in [0.3, 0.4) is 0 Å². The summed E-state index contributed by atoms with van der Waals surface area (Å²) < 4.78 is 5.04. The number of esters is 1. The molecule has 110 valence electrons. The van der Waals surface area contributed by atoms with Gasteiger partial charge in [-0.25, -0.2) is 0 Å². The van der Waals surface area contributed by atoms with Crippen molar-refractivity contribution in [3.05, 3.63) is 35.9 Å². The summed E-state index contributed by atoms with van der Waals surface area (Å²) in [4.78, 5) is 24.1. The number of ketones is 1. The maximum Gasteiger partial charge on any atom is 0.316 e. The van der Waals surface area contributed by atoms with E-state index in [1.807, 2.05) is 44.2 Å². The second-order valence-corrected chi connectivity index (χ2v) is 5.39. The summed E-state index contributed by atoms with van der Waals surface area (Å²) in [5.74, 6) is -0.753. The molecule has 0 saturated carbocycles. The minimum Gasteiger partial charge on any atom is -0.465 e. The zero-order chi connectivity index (χ0) is 15.0. The van der Waals surface area contributed by atoms with Crippen LogP contribution >= 0.6 is 0 Å². The molecular formula is C17H24O3. The van der Waals surface area contributed by atoms with E-state index in [9.17, 15) is 9.59 Å². The summed E-state index contributed by atoms with van der Waals surface area (Å²) in [5, 5.41) is 0. The number of hydrogen-bond acceptors (Lipinski definition) is 3. The molecule has 20 heavy (non-hydrogen) atoms. The molecule has 1 atom stereocenters. The van der Waals surface area contributed by atoms with E-state index in [1.165, 1.54) is 0 Å². The van der Waals surface area contributed by atoms with Gasteiger partial charge in [0.1, 0.15) is 11.7 Å². The van der Waals surface area contributed by atoms with Crippen LogP contribution in [0.4, 0.5) is 0 Å². The maximum atomic E-state index is 12.2. The molecule has 1 unspecified atom stereocenters. The quantitative estimate of drug-likeness (QED) is 0.540. The SMILES string of the molecule is CCOC(=O)C(CCc1ccccc1)C(=O)CC(C)C. The second-order valence-electron chi connectivity index (χ2n) is 5.39. The molecule has 0 fully saturated rings. The Hall–Kier alpha value is -1.64. The summed E-state index contributed by atoms with van der Waals surface area (Å²) in [6, 6.07) is 9.90. The lowest BCUT2D eigenvalue weighted by molar-refractivity contribution is -0.152. The monoisotopic (exact) mass is 276 g/mol. The van der Waals surface area contributed by atoms with Gasteiger partial charge in [0.2, 0.25) is 0 Å². The van der Waals surface area contributed by atoms with Gasteiger partial charge in [-0.3, -0.25) is 9.59 Å². The Morgan fingerprint density at radius 2 is 1.80 bits per heavy atom. The number of ether oxygens (including phenoxy) is 1. The molecule has 0 heterocycles. The Kier molecular flexibility index (Phi) is 6.99. The normalized spacial score (nSPS) is 12.2. The average Bonchev–Trinajstić information content (AvgIpc) is 2.39. The van der Waals surface area contributed by atoms with Crippen LogP contribution < -0.4 is 0 Å². The molecule has 0 saturated heterocycles. The van der Waals surface area contributed by atoms with Crippen LogP contribution in [-0.4, -0.2) is 18.4 Å². The van der Waals surface area contributed by atoms with Crippen LogP contribution in [0.15, 0.2) is 30.3 Å². The molecule has 1 rings (SSSR count). The Morgan fingerprint density at radius 3 is 2.35 bits per heavy atom. The van der Waals surface area contributed by atoms with Crippen molar-refractivity contribution in [2.24, 2.45) is 11.8 Å². The van der Waals surface area contributed by atoms with Crippen molar-refractivity contribution < 1.29 is 14.3 Å². The molecule has 3 nitrogen and oxygen atoms in total. The molecule has 3 heteroatoms. The van der Waals surface area contributed by atoms with Gasteiger partial charge in [0.25, 0.3) is 0 Å². The van der Waals surface area contributed by atoms with E-state index >= 15 is 0 Å². The fourth-order valence-electron chi connectivity index (χ4n) is 2.15. The molecule has 0 aliphatic rings. The third kappa shape index (κ3) is 5.55. The topological polar surface area (TPSA) is 43.4 Å². The third-order valence-electron chi connectivity index (χ3n) is 3.13. The number of rotatable bonds is 8. The predicted octanol–water partition coefficient (Wildman–Crippen LogP) is 3.41. The van der Waals surface area contributed by atoms with Crippen LogP contribution in [0.5, 0.6) is 0 Å². The molecule has 0 aromatic heterocycles. The number of aryl methyl sites for hydroxylation is 1. The molecule has 0 bridgehead atoms. The summed E-state index contributed by atoms with van der Waals surface area (Å²) in [6.07, 6.45) is 1.67. The van der Waals surface area contributed by atoms with Crippen LogP contribution in [0, 0.1) is 11.8 Å². The summed E-state index contributed by atoms with van der Waals surface area (Å²) in [6.45, 7) is 6.04. The highest BCUT2D eigenvalue weighted by atomic mass is 16.5. The zero-order valence-electron chi connectivity index (χ0n) is 12.6. The first-order valence-corrected chi connectivity index (χ1v) is 7.27. The van der Waals surface area contributed by atoms with Crippen molar-refractivity contribution in [1.82, 2.24) is 0 Å². The lowest BCUT2D eigenvalue weighted by Gasteiger charge is -2.15. The molecule has 0 N–H and O–H groups in total. The number of carbonyl (C=O) groups excluding carboxylic acids is 2. The molecular weight excluding hydrogens is 252 g/mol. The highest BCUT2D eigenvalue weighted by Gasteiger charge is 2.27. The smallest absolute Gasteiger partial charge is 0.316 e. The maximum absolute atomic E-state index is 12.2. The van der Waals surface area contributed by atoms with Crippen LogP contribution in [-0.2, 0) is 20.7 Å². The van der Waals surface area contributed by atoms with Crippen molar-refractivity contribution in [3.8, 4) is 0 Å². The molecule has 0 aliphatic carbocycles. The molecule has 1 aromatic carbocycles. The first kappa shape index (κ1) is 16.4. The van der Waals surface area contributed by atoms with Crippen LogP contribution in [0.25, 0.3) is 0 Å². The van der Waals surface area contributed by atoms with E-state index in [4.69, 9.17) is 4.74 Å². The van der Waals surface area contributed by atoms with E-state index in [-0.39, 0.29) is 17.7 Å². The Labute approximate surface area is 121 Å². The summed E-state index contributed by atoms with van der Waals surface area (Å²) >= 11 is 0. The van der Waals surface area contributed by atoms with Gasteiger partial charge < -0.3 is 4.74 Å². The van der Waals surface area contributed by atoms with E-state index < -0.39 is 5.92 Å². The number of hydrogen-bond donors (Lipinski definition) is 0. The predicted molar refractivity (Wildman–Crippen MR) is 79.3 cm³/mol. The fraction of sp³-hybridized carbons (Fsp3) is 0.529. The van der Waals surface area contributed by atoms with Crippen LogP contribution in [0.1, 0.15) is 39.2 Å². The first-order chi connectivity index (χ1) is 9.54. The van der Waals surface area contributed by atoms with E-state index in [1.54, 1.807) is 6.92 Å². The molecule has 0 radical (unpaired) electrons. The third-order valence-corrected chi connectivity index (χ3v) is 3.13. The minimum absolute atomic E-state index is 0.00520. The Bertz CT molecular complexity index is 423. The molecule has 0 aliphatic heterocycles. The highest BCUT2D eigenvalue weighted by Crippen LogP contribution is 2.17. The molecule has 1 aromatic rings. The standard InChI is InChI=1S/C17H24O3/c1-4-20-17(19)15(16(18)12-13(2)3)11-10-14-8-6-5-7-9-14/h5-9,13,15H,4,10-12H2,1-3H3. The molecule has 0 amide bonds. The van der Waals surface area contributed by atoms with E-state index in [0.29, 0.717) is 25.9 Å². The van der Waals surface area contributed by atoms with Gasteiger partial charge in [-0.05, 0) is 31.2 Å².